The number of ether oxygens (including phenoxy) is 1. The van der Waals surface area contributed by atoms with E-state index in [0.29, 0.717) is 11.6 Å². The Labute approximate surface area is 107 Å². The van der Waals surface area contributed by atoms with Crippen LogP contribution in [-0.2, 0) is 4.74 Å². The molecule has 1 atom stereocenters. The highest BCUT2D eigenvalue weighted by atomic mass is 35.5. The van der Waals surface area contributed by atoms with Gasteiger partial charge in [0.1, 0.15) is 0 Å². The largest absolute Gasteiger partial charge is 0.385 e. The Kier molecular flexibility index (Phi) is 6.14. The van der Waals surface area contributed by atoms with E-state index in [1.54, 1.807) is 13.2 Å². The van der Waals surface area contributed by atoms with Crippen LogP contribution in [0.15, 0.2) is 18.2 Å². The van der Waals surface area contributed by atoms with Crippen molar-refractivity contribution in [2.45, 2.75) is 19.4 Å². The summed E-state index contributed by atoms with van der Waals surface area (Å²) in [6.45, 7) is 3.65. The molecule has 1 unspecified atom stereocenters. The first-order valence-corrected chi connectivity index (χ1v) is 6.12. The summed E-state index contributed by atoms with van der Waals surface area (Å²) in [5, 5.41) is 4.83. The highest BCUT2D eigenvalue weighted by Gasteiger charge is 2.13. The van der Waals surface area contributed by atoms with E-state index in [1.807, 2.05) is 12.1 Å². The fraction of sp³-hybridized carbons (Fsp3) is 0.500. The Hall–Kier alpha value is -0.280. The van der Waals surface area contributed by atoms with Crippen molar-refractivity contribution in [3.63, 3.8) is 0 Å². The van der Waals surface area contributed by atoms with Crippen molar-refractivity contribution < 1.29 is 4.74 Å². The zero-order valence-corrected chi connectivity index (χ0v) is 11.1. The molecule has 0 fully saturated rings. The minimum atomic E-state index is 0.191. The van der Waals surface area contributed by atoms with Gasteiger partial charge in [-0.05, 0) is 36.7 Å². The second kappa shape index (κ2) is 7.13. The molecule has 0 amide bonds. The first-order chi connectivity index (χ1) is 7.69. The minimum absolute atomic E-state index is 0.191. The average Bonchev–Trinajstić information content (AvgIpc) is 2.28. The summed E-state index contributed by atoms with van der Waals surface area (Å²) < 4.78 is 5.09. The maximum atomic E-state index is 6.17. The SMILES string of the molecule is CCNC(CCOC)c1cc(Cl)ccc1Cl. The van der Waals surface area contributed by atoms with Crippen molar-refractivity contribution in [2.75, 3.05) is 20.3 Å². The topological polar surface area (TPSA) is 21.3 Å². The summed E-state index contributed by atoms with van der Waals surface area (Å²) in [5.74, 6) is 0. The number of benzene rings is 1. The van der Waals surface area contributed by atoms with Crippen LogP contribution in [-0.4, -0.2) is 20.3 Å². The van der Waals surface area contributed by atoms with Crippen LogP contribution in [0.3, 0.4) is 0 Å². The normalized spacial score (nSPS) is 12.8. The third-order valence-electron chi connectivity index (χ3n) is 2.39. The molecule has 1 aromatic rings. The van der Waals surface area contributed by atoms with Crippen LogP contribution in [0, 0.1) is 0 Å². The maximum Gasteiger partial charge on any atom is 0.0480 e. The van der Waals surface area contributed by atoms with Gasteiger partial charge in [0, 0.05) is 29.8 Å². The van der Waals surface area contributed by atoms with E-state index < -0.39 is 0 Å². The van der Waals surface area contributed by atoms with Gasteiger partial charge in [-0.3, -0.25) is 0 Å². The fourth-order valence-corrected chi connectivity index (χ4v) is 2.06. The summed E-state index contributed by atoms with van der Waals surface area (Å²) in [6.07, 6.45) is 0.879. The Morgan fingerprint density at radius 3 is 2.75 bits per heavy atom. The molecule has 1 rings (SSSR count). The van der Waals surface area contributed by atoms with E-state index in [-0.39, 0.29) is 6.04 Å². The lowest BCUT2D eigenvalue weighted by molar-refractivity contribution is 0.183. The van der Waals surface area contributed by atoms with Crippen molar-refractivity contribution >= 4 is 23.2 Å². The quantitative estimate of drug-likeness (QED) is 0.844. The standard InChI is InChI=1S/C12H17Cl2NO/c1-3-15-12(6-7-16-2)10-8-9(13)4-5-11(10)14/h4-5,8,12,15H,3,6-7H2,1-2H3. The fourth-order valence-electron chi connectivity index (χ4n) is 1.63. The molecule has 0 aliphatic heterocycles. The van der Waals surface area contributed by atoms with Crippen LogP contribution in [0.5, 0.6) is 0 Å². The van der Waals surface area contributed by atoms with Crippen molar-refractivity contribution in [2.24, 2.45) is 0 Å². The van der Waals surface area contributed by atoms with Crippen molar-refractivity contribution in [1.29, 1.82) is 0 Å². The number of methoxy groups -OCH3 is 1. The van der Waals surface area contributed by atoms with Gasteiger partial charge in [0.05, 0.1) is 0 Å². The zero-order valence-electron chi connectivity index (χ0n) is 9.59. The van der Waals surface area contributed by atoms with E-state index >= 15 is 0 Å². The van der Waals surface area contributed by atoms with E-state index in [0.717, 1.165) is 23.6 Å². The monoisotopic (exact) mass is 261 g/mol. The predicted octanol–water partition coefficient (Wildman–Crippen LogP) is 3.68. The second-order valence-corrected chi connectivity index (χ2v) is 4.40. The Balaban J connectivity index is 2.85. The van der Waals surface area contributed by atoms with Crippen LogP contribution in [0.4, 0.5) is 0 Å². The molecule has 90 valence electrons. The Morgan fingerprint density at radius 1 is 1.38 bits per heavy atom. The molecule has 0 heterocycles. The first kappa shape index (κ1) is 13.8. The molecule has 0 spiro atoms. The zero-order chi connectivity index (χ0) is 12.0. The van der Waals surface area contributed by atoms with Gasteiger partial charge in [0.15, 0.2) is 0 Å². The maximum absolute atomic E-state index is 6.17. The number of nitrogens with one attached hydrogen (secondary N) is 1. The van der Waals surface area contributed by atoms with E-state index in [1.165, 1.54) is 0 Å². The van der Waals surface area contributed by atoms with Gasteiger partial charge in [0.25, 0.3) is 0 Å². The molecule has 0 saturated carbocycles. The van der Waals surface area contributed by atoms with Crippen molar-refractivity contribution in [1.82, 2.24) is 5.32 Å². The third kappa shape index (κ3) is 3.95. The molecule has 0 aliphatic carbocycles. The number of halogens is 2. The summed E-state index contributed by atoms with van der Waals surface area (Å²) in [6, 6.07) is 5.73. The lowest BCUT2D eigenvalue weighted by Crippen LogP contribution is -2.22. The second-order valence-electron chi connectivity index (χ2n) is 3.56. The predicted molar refractivity (Wildman–Crippen MR) is 69.4 cm³/mol. The summed E-state index contributed by atoms with van der Waals surface area (Å²) in [7, 11) is 1.70. The lowest BCUT2D eigenvalue weighted by atomic mass is 10.0. The van der Waals surface area contributed by atoms with Gasteiger partial charge in [-0.15, -0.1) is 0 Å². The molecule has 0 bridgehead atoms. The van der Waals surface area contributed by atoms with Gasteiger partial charge < -0.3 is 10.1 Å². The van der Waals surface area contributed by atoms with Crippen LogP contribution < -0.4 is 5.32 Å². The lowest BCUT2D eigenvalue weighted by Gasteiger charge is -2.19. The van der Waals surface area contributed by atoms with Gasteiger partial charge in [0.2, 0.25) is 0 Å². The molecule has 1 N–H and O–H groups in total. The van der Waals surface area contributed by atoms with Gasteiger partial charge >= 0.3 is 0 Å². The minimum Gasteiger partial charge on any atom is -0.385 e. The van der Waals surface area contributed by atoms with E-state index in [9.17, 15) is 0 Å². The molecule has 16 heavy (non-hydrogen) atoms. The van der Waals surface area contributed by atoms with E-state index in [4.69, 9.17) is 27.9 Å². The van der Waals surface area contributed by atoms with E-state index in [2.05, 4.69) is 12.2 Å². The molecule has 0 aliphatic rings. The number of hydrogen-bond donors (Lipinski definition) is 1. The average molecular weight is 262 g/mol. The van der Waals surface area contributed by atoms with Gasteiger partial charge in [-0.1, -0.05) is 30.1 Å². The Morgan fingerprint density at radius 2 is 2.12 bits per heavy atom. The van der Waals surface area contributed by atoms with Crippen molar-refractivity contribution in [3.8, 4) is 0 Å². The van der Waals surface area contributed by atoms with Crippen LogP contribution >= 0.6 is 23.2 Å². The molecule has 0 radical (unpaired) electrons. The molecule has 4 heteroatoms. The van der Waals surface area contributed by atoms with Gasteiger partial charge in [-0.2, -0.15) is 0 Å². The van der Waals surface area contributed by atoms with Crippen LogP contribution in [0.25, 0.3) is 0 Å². The molecular weight excluding hydrogens is 245 g/mol. The summed E-state index contributed by atoms with van der Waals surface area (Å²) in [4.78, 5) is 0. The Bertz CT molecular complexity index is 331. The third-order valence-corrected chi connectivity index (χ3v) is 2.97. The van der Waals surface area contributed by atoms with Crippen LogP contribution in [0.1, 0.15) is 24.9 Å². The smallest absolute Gasteiger partial charge is 0.0480 e. The number of hydrogen-bond acceptors (Lipinski definition) is 2. The molecular formula is C12H17Cl2NO. The summed E-state index contributed by atoms with van der Waals surface area (Å²) in [5.41, 5.74) is 1.04. The summed E-state index contributed by atoms with van der Waals surface area (Å²) >= 11 is 12.1. The van der Waals surface area contributed by atoms with Crippen LogP contribution in [0.2, 0.25) is 10.0 Å². The molecule has 0 saturated heterocycles. The highest BCUT2D eigenvalue weighted by Crippen LogP contribution is 2.28. The molecule has 1 aromatic carbocycles. The van der Waals surface area contributed by atoms with Crippen molar-refractivity contribution in [3.05, 3.63) is 33.8 Å². The number of rotatable bonds is 6. The highest BCUT2D eigenvalue weighted by molar-refractivity contribution is 6.33. The van der Waals surface area contributed by atoms with Gasteiger partial charge in [-0.25, -0.2) is 0 Å². The molecule has 2 nitrogen and oxygen atoms in total. The molecule has 0 aromatic heterocycles. The first-order valence-electron chi connectivity index (χ1n) is 5.36.